The maximum absolute atomic E-state index is 6.77. The monoisotopic (exact) mass is 456 g/mol. The van der Waals surface area contributed by atoms with Gasteiger partial charge in [-0.05, 0) is 29.6 Å². The van der Waals surface area contributed by atoms with Crippen LogP contribution >= 0.6 is 23.2 Å². The highest BCUT2D eigenvalue weighted by Crippen LogP contribution is 2.37. The molecule has 1 nitrogen and oxygen atoms in total. The number of benzene rings is 1. The molecule has 1 rings (SSSR count). The Morgan fingerprint density at radius 3 is 1.47 bits per heavy atom. The predicted molar refractivity (Wildman–Crippen MR) is 136 cm³/mol. The van der Waals surface area contributed by atoms with Crippen molar-refractivity contribution in [3.05, 3.63) is 35.9 Å². The Hall–Kier alpha value is -0.240. The number of rotatable bonds is 19. The molecule has 0 bridgehead atoms. The highest BCUT2D eigenvalue weighted by Gasteiger charge is 2.41. The molecule has 0 amide bonds. The van der Waals surface area contributed by atoms with Crippen molar-refractivity contribution in [1.29, 1.82) is 0 Å². The van der Waals surface area contributed by atoms with Crippen molar-refractivity contribution in [1.82, 2.24) is 0 Å². The van der Waals surface area contributed by atoms with Gasteiger partial charge in [-0.2, -0.15) is 0 Å². The van der Waals surface area contributed by atoms with Crippen molar-refractivity contribution in [2.24, 2.45) is 0 Å². The van der Waals surface area contributed by atoms with E-state index >= 15 is 0 Å². The number of quaternary nitrogens is 1. The molecule has 3 heteroatoms. The van der Waals surface area contributed by atoms with Crippen LogP contribution < -0.4 is 0 Å². The molecule has 174 valence electrons. The Labute approximate surface area is 198 Å². The number of hydrogen-bond acceptors (Lipinski definition) is 0. The van der Waals surface area contributed by atoms with Crippen LogP contribution in [0.2, 0.25) is 0 Å². The fourth-order valence-electron chi connectivity index (χ4n) is 4.17. The fourth-order valence-corrected chi connectivity index (χ4v) is 4.55. The van der Waals surface area contributed by atoms with E-state index in [0.29, 0.717) is 4.48 Å². The lowest BCUT2D eigenvalue weighted by Crippen LogP contribution is -2.52. The summed E-state index contributed by atoms with van der Waals surface area (Å²) >= 11 is 13.5. The van der Waals surface area contributed by atoms with E-state index in [1.54, 1.807) is 0 Å². The maximum Gasteiger partial charge on any atom is 0.250 e. The molecule has 0 atom stereocenters. The SMILES string of the molecule is CCCCCCCCCCCCCCCCCC(Cl)(Cl)[N+](C)(C)Cc1ccccc1. The molecule has 0 radical (unpaired) electrons. The van der Waals surface area contributed by atoms with E-state index < -0.39 is 4.46 Å². The summed E-state index contributed by atoms with van der Waals surface area (Å²) in [5.41, 5.74) is 1.28. The van der Waals surface area contributed by atoms with Crippen LogP contribution in [-0.4, -0.2) is 23.0 Å². The van der Waals surface area contributed by atoms with Crippen LogP contribution in [0.15, 0.2) is 30.3 Å². The van der Waals surface area contributed by atoms with Gasteiger partial charge in [-0.25, -0.2) is 0 Å². The second-order valence-electron chi connectivity index (χ2n) is 9.69. The van der Waals surface area contributed by atoms with Crippen LogP contribution in [0.25, 0.3) is 0 Å². The minimum atomic E-state index is -0.730. The van der Waals surface area contributed by atoms with Gasteiger partial charge in [0.25, 0.3) is 4.46 Å². The molecule has 0 spiro atoms. The summed E-state index contributed by atoms with van der Waals surface area (Å²) in [4.78, 5) is 0. The summed E-state index contributed by atoms with van der Waals surface area (Å²) in [5, 5.41) is 0. The smallest absolute Gasteiger partial charge is 0.250 e. The summed E-state index contributed by atoms with van der Waals surface area (Å²) in [6.45, 7) is 3.14. The molecule has 0 unspecified atom stereocenters. The van der Waals surface area contributed by atoms with E-state index in [0.717, 1.165) is 19.4 Å². The number of alkyl halides is 2. The van der Waals surface area contributed by atoms with Crippen molar-refractivity contribution in [2.75, 3.05) is 14.1 Å². The second kappa shape index (κ2) is 16.4. The molecule has 1 aromatic rings. The molecule has 0 N–H and O–H groups in total. The standard InChI is InChI=1S/C27H48Cl2N/c1-4-5-6-7-8-9-10-11-12-13-14-15-16-17-21-24-27(28,29)30(2,3)25-26-22-19-18-20-23-26/h18-20,22-23H,4-17,21,24-25H2,1-3H3/q+1. The van der Waals surface area contributed by atoms with Crippen molar-refractivity contribution in [3.8, 4) is 0 Å². The molecule has 0 aliphatic rings. The molecule has 0 fully saturated rings. The van der Waals surface area contributed by atoms with Crippen molar-refractivity contribution >= 4 is 23.2 Å². The predicted octanol–water partition coefficient (Wildman–Crippen LogP) is 9.66. The van der Waals surface area contributed by atoms with Crippen molar-refractivity contribution < 1.29 is 4.48 Å². The summed E-state index contributed by atoms with van der Waals surface area (Å²) in [7, 11) is 4.27. The Morgan fingerprint density at radius 1 is 0.633 bits per heavy atom. The Balaban J connectivity index is 2.00. The van der Waals surface area contributed by atoms with Gasteiger partial charge in [-0.1, -0.05) is 127 Å². The number of halogens is 2. The van der Waals surface area contributed by atoms with Gasteiger partial charge in [0.15, 0.2) is 0 Å². The lowest BCUT2D eigenvalue weighted by molar-refractivity contribution is -0.926. The molecule has 0 aromatic heterocycles. The summed E-state index contributed by atoms with van der Waals surface area (Å²) in [6, 6.07) is 10.5. The molecule has 1 aromatic carbocycles. The first-order chi connectivity index (χ1) is 14.4. The Kier molecular flexibility index (Phi) is 15.2. The molecular weight excluding hydrogens is 409 g/mol. The molecule has 0 saturated carbocycles. The van der Waals surface area contributed by atoms with Gasteiger partial charge in [0, 0.05) is 12.0 Å². The molecular formula is C27H48Cl2N+. The van der Waals surface area contributed by atoms with Crippen LogP contribution in [0.3, 0.4) is 0 Å². The lowest BCUT2D eigenvalue weighted by atomic mass is 10.0. The number of nitrogens with zero attached hydrogens (tertiary/aromatic N) is 1. The van der Waals surface area contributed by atoms with Gasteiger partial charge in [0.2, 0.25) is 0 Å². The van der Waals surface area contributed by atoms with Crippen LogP contribution in [-0.2, 0) is 6.54 Å². The van der Waals surface area contributed by atoms with Crippen molar-refractivity contribution in [2.45, 2.75) is 121 Å². The first kappa shape index (κ1) is 27.8. The molecule has 0 saturated heterocycles. The van der Waals surface area contributed by atoms with Gasteiger partial charge >= 0.3 is 0 Å². The van der Waals surface area contributed by atoms with E-state index in [-0.39, 0.29) is 0 Å². The topological polar surface area (TPSA) is 0 Å². The van der Waals surface area contributed by atoms with Gasteiger partial charge in [0.05, 0.1) is 14.1 Å². The molecule has 0 heterocycles. The van der Waals surface area contributed by atoms with Crippen LogP contribution in [0.1, 0.15) is 115 Å². The van der Waals surface area contributed by atoms with E-state index in [4.69, 9.17) is 23.2 Å². The quantitative estimate of drug-likeness (QED) is 0.0839. The van der Waals surface area contributed by atoms with Crippen LogP contribution in [0.5, 0.6) is 0 Å². The average molecular weight is 458 g/mol. The third-order valence-electron chi connectivity index (χ3n) is 6.39. The van der Waals surface area contributed by atoms with E-state index in [1.165, 1.54) is 95.5 Å². The summed E-state index contributed by atoms with van der Waals surface area (Å²) in [6.07, 6.45) is 21.5. The summed E-state index contributed by atoms with van der Waals surface area (Å²) < 4.78 is -0.134. The molecule has 0 aliphatic carbocycles. The highest BCUT2D eigenvalue weighted by molar-refractivity contribution is 6.47. The van der Waals surface area contributed by atoms with Gasteiger partial charge in [-0.15, -0.1) is 0 Å². The maximum atomic E-state index is 6.77. The van der Waals surface area contributed by atoms with E-state index in [2.05, 4.69) is 45.3 Å². The fraction of sp³-hybridized carbons (Fsp3) is 0.778. The first-order valence-electron chi connectivity index (χ1n) is 12.6. The normalized spacial score (nSPS) is 12.4. The highest BCUT2D eigenvalue weighted by atomic mass is 35.5. The zero-order valence-electron chi connectivity index (χ0n) is 20.1. The van der Waals surface area contributed by atoms with Crippen LogP contribution in [0.4, 0.5) is 0 Å². The van der Waals surface area contributed by atoms with Gasteiger partial charge < -0.3 is 0 Å². The van der Waals surface area contributed by atoms with Crippen LogP contribution in [0, 0.1) is 0 Å². The Bertz CT molecular complexity index is 513. The lowest BCUT2D eigenvalue weighted by Gasteiger charge is -2.40. The summed E-state index contributed by atoms with van der Waals surface area (Å²) in [5.74, 6) is 0. The average Bonchev–Trinajstić information content (AvgIpc) is 2.71. The minimum absolute atomic E-state index is 0.596. The second-order valence-corrected chi connectivity index (χ2v) is 11.1. The van der Waals surface area contributed by atoms with Gasteiger partial charge in [0.1, 0.15) is 6.54 Å². The first-order valence-corrected chi connectivity index (χ1v) is 13.4. The van der Waals surface area contributed by atoms with Crippen molar-refractivity contribution in [3.63, 3.8) is 0 Å². The third kappa shape index (κ3) is 12.6. The van der Waals surface area contributed by atoms with E-state index in [1.807, 2.05) is 6.07 Å². The van der Waals surface area contributed by atoms with Gasteiger partial charge in [-0.3, -0.25) is 4.48 Å². The van der Waals surface area contributed by atoms with E-state index in [9.17, 15) is 0 Å². The zero-order valence-corrected chi connectivity index (χ0v) is 21.6. The molecule has 30 heavy (non-hydrogen) atoms. The minimum Gasteiger partial charge on any atom is -0.294 e. The molecule has 0 aliphatic heterocycles. The Morgan fingerprint density at radius 2 is 1.03 bits per heavy atom. The largest absolute Gasteiger partial charge is 0.294 e. The number of hydrogen-bond donors (Lipinski definition) is 0. The zero-order chi connectivity index (χ0) is 22.1. The third-order valence-corrected chi connectivity index (χ3v) is 7.68. The number of unbranched alkanes of at least 4 members (excludes halogenated alkanes) is 14.